The van der Waals surface area contributed by atoms with Crippen LogP contribution in [0.25, 0.3) is 0 Å². The zero-order valence-corrected chi connectivity index (χ0v) is 22.8. The van der Waals surface area contributed by atoms with Crippen LogP contribution in [0.3, 0.4) is 0 Å². The van der Waals surface area contributed by atoms with Crippen molar-refractivity contribution >= 4 is 11.8 Å². The molecule has 3 aliphatic heterocycles. The van der Waals surface area contributed by atoms with Gasteiger partial charge < -0.3 is 24.4 Å². The van der Waals surface area contributed by atoms with Crippen molar-refractivity contribution in [1.82, 2.24) is 10.2 Å². The van der Waals surface area contributed by atoms with Crippen LogP contribution >= 0.6 is 0 Å². The summed E-state index contributed by atoms with van der Waals surface area (Å²) in [5, 5.41) is 3.19. The molecule has 7 heteroatoms. The number of fused-ring (bicyclic) bond motifs is 3. The summed E-state index contributed by atoms with van der Waals surface area (Å²) in [4.78, 5) is 29.7. The highest BCUT2D eigenvalue weighted by Crippen LogP contribution is 2.42. The minimum Gasteiger partial charge on any atom is -0.343 e. The molecule has 5 rings (SSSR count). The quantitative estimate of drug-likeness (QED) is 0.519. The maximum absolute atomic E-state index is 14.1. The Morgan fingerprint density at radius 3 is 1.97 bits per heavy atom. The lowest BCUT2D eigenvalue weighted by molar-refractivity contribution is -0.476. The second-order valence-electron chi connectivity index (χ2n) is 11.3. The van der Waals surface area contributed by atoms with E-state index in [-0.39, 0.29) is 29.2 Å². The van der Waals surface area contributed by atoms with Gasteiger partial charge in [0.2, 0.25) is 5.91 Å². The largest absolute Gasteiger partial charge is 0.343 e. The van der Waals surface area contributed by atoms with Crippen LogP contribution in [0.2, 0.25) is 0 Å². The van der Waals surface area contributed by atoms with Crippen molar-refractivity contribution in [3.8, 4) is 0 Å². The van der Waals surface area contributed by atoms with Gasteiger partial charge in [-0.15, -0.1) is 0 Å². The van der Waals surface area contributed by atoms with Crippen LogP contribution in [0.15, 0.2) is 60.7 Å². The van der Waals surface area contributed by atoms with Crippen LogP contribution in [-0.2, 0) is 19.0 Å². The second-order valence-corrected chi connectivity index (χ2v) is 11.3. The van der Waals surface area contributed by atoms with Gasteiger partial charge in [-0.2, -0.15) is 0 Å². The lowest BCUT2D eigenvalue weighted by atomic mass is 9.88. The molecule has 3 atom stereocenters. The van der Waals surface area contributed by atoms with Crippen LogP contribution in [0.4, 0.5) is 0 Å². The number of hydrogen-bond donors (Lipinski definition) is 1. The van der Waals surface area contributed by atoms with E-state index in [0.717, 1.165) is 12.0 Å². The summed E-state index contributed by atoms with van der Waals surface area (Å²) in [5.41, 5.74) is 0.0768. The fraction of sp³-hybridized carbons (Fsp3) is 0.533. The third-order valence-electron chi connectivity index (χ3n) is 7.81. The van der Waals surface area contributed by atoms with Crippen molar-refractivity contribution in [3.05, 3.63) is 71.8 Å². The zero-order valence-electron chi connectivity index (χ0n) is 22.8. The lowest BCUT2D eigenvalue weighted by Crippen LogP contribution is -2.70. The molecule has 2 aromatic rings. The predicted molar refractivity (Wildman–Crippen MR) is 142 cm³/mol. The molecule has 0 aliphatic carbocycles. The van der Waals surface area contributed by atoms with E-state index in [4.69, 9.17) is 14.2 Å². The van der Waals surface area contributed by atoms with E-state index < -0.39 is 17.6 Å². The molecule has 7 nitrogen and oxygen atoms in total. The minimum atomic E-state index is -1.34. The number of nitrogens with zero attached hydrogens (tertiary/aromatic N) is 1. The maximum Gasteiger partial charge on any atom is 0.304 e. The van der Waals surface area contributed by atoms with E-state index in [0.29, 0.717) is 25.4 Å². The van der Waals surface area contributed by atoms with Gasteiger partial charge in [0.05, 0.1) is 25.9 Å². The Balaban J connectivity index is 1.67. The van der Waals surface area contributed by atoms with Gasteiger partial charge in [0.1, 0.15) is 11.6 Å². The van der Waals surface area contributed by atoms with E-state index in [1.807, 2.05) is 62.4 Å². The molecule has 200 valence electrons. The van der Waals surface area contributed by atoms with Gasteiger partial charge in [0.15, 0.2) is 0 Å². The lowest BCUT2D eigenvalue weighted by Gasteiger charge is -2.54. The van der Waals surface area contributed by atoms with Crippen LogP contribution in [-0.4, -0.2) is 54.1 Å². The highest BCUT2D eigenvalue weighted by molar-refractivity contribution is 5.99. The van der Waals surface area contributed by atoms with Crippen molar-refractivity contribution in [2.75, 3.05) is 19.8 Å². The fourth-order valence-corrected chi connectivity index (χ4v) is 5.10. The normalized spacial score (nSPS) is 25.7. The summed E-state index contributed by atoms with van der Waals surface area (Å²) in [6.07, 6.45) is 0.785. The number of ether oxygens (including phenoxy) is 3. The Kier molecular flexibility index (Phi) is 7.79. The number of amides is 2. The fourth-order valence-electron chi connectivity index (χ4n) is 5.10. The van der Waals surface area contributed by atoms with Gasteiger partial charge in [0, 0.05) is 11.0 Å². The number of benzene rings is 2. The molecule has 2 amide bonds. The molecule has 3 fully saturated rings. The molecular formula is C30H40N2O5. The average Bonchev–Trinajstić information content (AvgIpc) is 2.92. The third-order valence-corrected chi connectivity index (χ3v) is 7.81. The van der Waals surface area contributed by atoms with Crippen LogP contribution in [0.5, 0.6) is 0 Å². The molecular weight excluding hydrogens is 468 g/mol. The van der Waals surface area contributed by atoms with Crippen LogP contribution in [0.1, 0.15) is 69.9 Å². The molecule has 2 bridgehead atoms. The number of carbonyl (C=O) groups excluding carboxylic acids is 2. The van der Waals surface area contributed by atoms with Gasteiger partial charge >= 0.3 is 5.97 Å². The first kappa shape index (κ1) is 27.3. The minimum absolute atomic E-state index is 0.00651. The molecule has 0 spiro atoms. The standard InChI is InChI=1S/C30H40N2O5/c1-7-21(2)25(30-35-18-29(6,19-36-30)20-37-30)31-27(34)28(4,5)32(22(3)23-14-10-8-11-15-23)26(33)24-16-12-9-13-17-24/h8-17,21-22,25H,7,18-20H2,1-6H3,(H,31,34)/t21-,22-,25-,29?,30?/m0/s1. The average molecular weight is 509 g/mol. The van der Waals surface area contributed by atoms with Gasteiger partial charge in [0.25, 0.3) is 5.91 Å². The summed E-state index contributed by atoms with van der Waals surface area (Å²) in [6, 6.07) is 17.9. The Hall–Kier alpha value is -2.74. The molecule has 0 aromatic heterocycles. The van der Waals surface area contributed by atoms with Crippen molar-refractivity contribution in [2.24, 2.45) is 11.3 Å². The maximum atomic E-state index is 14.1. The zero-order chi connectivity index (χ0) is 26.8. The molecule has 37 heavy (non-hydrogen) atoms. The topological polar surface area (TPSA) is 77.1 Å². The number of carbonyl (C=O) groups is 2. The molecule has 0 saturated carbocycles. The van der Waals surface area contributed by atoms with Crippen molar-refractivity contribution in [1.29, 1.82) is 0 Å². The van der Waals surface area contributed by atoms with E-state index in [9.17, 15) is 9.59 Å². The first-order valence-electron chi connectivity index (χ1n) is 13.2. The van der Waals surface area contributed by atoms with Gasteiger partial charge in [-0.05, 0) is 44.4 Å². The number of rotatable bonds is 9. The monoisotopic (exact) mass is 508 g/mol. The summed E-state index contributed by atoms with van der Waals surface area (Å²) in [6.45, 7) is 13.2. The van der Waals surface area contributed by atoms with E-state index in [1.54, 1.807) is 30.9 Å². The Morgan fingerprint density at radius 1 is 0.946 bits per heavy atom. The highest BCUT2D eigenvalue weighted by atomic mass is 16.9. The first-order chi connectivity index (χ1) is 17.5. The Labute approximate surface area is 220 Å². The number of hydrogen-bond acceptors (Lipinski definition) is 5. The first-order valence-corrected chi connectivity index (χ1v) is 13.2. The molecule has 3 saturated heterocycles. The number of nitrogens with one attached hydrogen (secondary N) is 1. The van der Waals surface area contributed by atoms with E-state index in [2.05, 4.69) is 19.2 Å². The molecule has 0 unspecified atom stereocenters. The van der Waals surface area contributed by atoms with Gasteiger partial charge in [-0.1, -0.05) is 75.7 Å². The van der Waals surface area contributed by atoms with Gasteiger partial charge in [-0.3, -0.25) is 9.59 Å². The Bertz CT molecular complexity index is 1060. The highest BCUT2D eigenvalue weighted by Gasteiger charge is 2.57. The van der Waals surface area contributed by atoms with E-state index >= 15 is 0 Å². The van der Waals surface area contributed by atoms with Crippen molar-refractivity contribution in [3.63, 3.8) is 0 Å². The van der Waals surface area contributed by atoms with Crippen LogP contribution in [0, 0.1) is 11.3 Å². The SMILES string of the molecule is CC[C@H](C)[C@H](NC(=O)C(C)(C)N(C(=O)c1ccccc1)[C@@H](C)c1ccccc1)C12OCC(C)(CO1)CO2. The van der Waals surface area contributed by atoms with Crippen molar-refractivity contribution in [2.45, 2.75) is 71.6 Å². The van der Waals surface area contributed by atoms with Gasteiger partial charge in [-0.25, -0.2) is 0 Å². The van der Waals surface area contributed by atoms with Crippen LogP contribution < -0.4 is 5.32 Å². The predicted octanol–water partition coefficient (Wildman–Crippen LogP) is 4.94. The molecule has 3 aliphatic rings. The second kappa shape index (κ2) is 10.6. The van der Waals surface area contributed by atoms with Crippen molar-refractivity contribution < 1.29 is 23.8 Å². The third kappa shape index (κ3) is 5.31. The summed E-state index contributed by atoms with van der Waals surface area (Å²) in [5.74, 6) is -1.84. The molecule has 1 N–H and O–H groups in total. The smallest absolute Gasteiger partial charge is 0.304 e. The summed E-state index contributed by atoms with van der Waals surface area (Å²) >= 11 is 0. The molecule has 3 heterocycles. The summed E-state index contributed by atoms with van der Waals surface area (Å²) in [7, 11) is 0. The molecule has 2 aromatic carbocycles. The molecule has 0 radical (unpaired) electrons. The van der Waals surface area contributed by atoms with E-state index in [1.165, 1.54) is 0 Å². The summed E-state index contributed by atoms with van der Waals surface area (Å²) < 4.78 is 18.4. The Morgan fingerprint density at radius 2 is 1.46 bits per heavy atom.